The van der Waals surface area contributed by atoms with Crippen molar-refractivity contribution in [2.45, 2.75) is 36.1 Å². The van der Waals surface area contributed by atoms with Gasteiger partial charge in [0, 0.05) is 16.2 Å². The molecule has 3 rings (SSSR count). The second kappa shape index (κ2) is 3.53. The summed E-state index contributed by atoms with van der Waals surface area (Å²) in [7, 11) is 0. The molecule has 2 N–H and O–H groups in total. The van der Waals surface area contributed by atoms with E-state index in [1.165, 1.54) is 41.9 Å². The van der Waals surface area contributed by atoms with Gasteiger partial charge in [0.25, 0.3) is 0 Å². The maximum absolute atomic E-state index is 6.66. The Balaban J connectivity index is 2.09. The van der Waals surface area contributed by atoms with Gasteiger partial charge in [0.15, 0.2) is 0 Å². The van der Waals surface area contributed by atoms with E-state index in [0.29, 0.717) is 5.92 Å². The molecule has 1 aromatic rings. The Hall–Kier alpha value is -0.470. The highest BCUT2D eigenvalue weighted by Gasteiger charge is 2.42. The standard InChI is InChI=1S/C13H17NS/c14-13-8-4-3-5-10(13)9-15-12-7-2-1-6-11(12)13/h1-2,6-7,10H,3-5,8-9,14H2/t10-,13+/m1/s1. The minimum Gasteiger partial charge on any atom is -0.321 e. The lowest BCUT2D eigenvalue weighted by atomic mass is 9.70. The first-order chi connectivity index (χ1) is 7.31. The fraction of sp³-hybridized carbons (Fsp3) is 0.538. The van der Waals surface area contributed by atoms with Crippen LogP contribution < -0.4 is 5.73 Å². The first kappa shape index (κ1) is 9.73. The molecule has 15 heavy (non-hydrogen) atoms. The lowest BCUT2D eigenvalue weighted by Crippen LogP contribution is -2.49. The highest BCUT2D eigenvalue weighted by Crippen LogP contribution is 2.48. The summed E-state index contributed by atoms with van der Waals surface area (Å²) in [5.74, 6) is 1.92. The highest BCUT2D eigenvalue weighted by molar-refractivity contribution is 7.99. The summed E-state index contributed by atoms with van der Waals surface area (Å²) in [6.07, 6.45) is 5.16. The van der Waals surface area contributed by atoms with Gasteiger partial charge in [-0.3, -0.25) is 0 Å². The lowest BCUT2D eigenvalue weighted by molar-refractivity contribution is 0.204. The van der Waals surface area contributed by atoms with Gasteiger partial charge in [-0.2, -0.15) is 0 Å². The summed E-state index contributed by atoms with van der Waals surface area (Å²) < 4.78 is 0. The quantitative estimate of drug-likeness (QED) is 0.725. The number of hydrogen-bond donors (Lipinski definition) is 1. The Bertz CT molecular complexity index is 377. The van der Waals surface area contributed by atoms with Crippen molar-refractivity contribution in [2.75, 3.05) is 5.75 Å². The third-order valence-electron chi connectivity index (χ3n) is 3.95. The van der Waals surface area contributed by atoms with Crippen molar-refractivity contribution < 1.29 is 0 Å². The van der Waals surface area contributed by atoms with E-state index in [0.717, 1.165) is 0 Å². The van der Waals surface area contributed by atoms with Crippen LogP contribution in [0.5, 0.6) is 0 Å². The fourth-order valence-corrected chi connectivity index (χ4v) is 4.46. The van der Waals surface area contributed by atoms with Gasteiger partial charge in [0.2, 0.25) is 0 Å². The molecule has 0 aromatic heterocycles. The van der Waals surface area contributed by atoms with E-state index in [4.69, 9.17) is 5.73 Å². The first-order valence-corrected chi connectivity index (χ1v) is 6.80. The van der Waals surface area contributed by atoms with Crippen molar-refractivity contribution in [3.05, 3.63) is 29.8 Å². The Morgan fingerprint density at radius 2 is 2.13 bits per heavy atom. The van der Waals surface area contributed by atoms with Crippen LogP contribution in [-0.2, 0) is 5.54 Å². The van der Waals surface area contributed by atoms with E-state index < -0.39 is 0 Å². The molecule has 1 saturated carbocycles. The largest absolute Gasteiger partial charge is 0.321 e. The summed E-state index contributed by atoms with van der Waals surface area (Å²) in [5.41, 5.74) is 8.06. The van der Waals surface area contributed by atoms with Crippen LogP contribution in [0.3, 0.4) is 0 Å². The van der Waals surface area contributed by atoms with Gasteiger partial charge in [-0.1, -0.05) is 31.0 Å². The summed E-state index contributed by atoms with van der Waals surface area (Å²) in [4.78, 5) is 1.41. The fourth-order valence-electron chi connectivity index (χ4n) is 3.02. The third-order valence-corrected chi connectivity index (χ3v) is 5.19. The van der Waals surface area contributed by atoms with E-state index in [9.17, 15) is 0 Å². The number of benzene rings is 1. The SMILES string of the molecule is N[C@@]12CCCC[C@@H]1CSc1ccccc12. The molecule has 0 unspecified atom stereocenters. The topological polar surface area (TPSA) is 26.0 Å². The van der Waals surface area contributed by atoms with Crippen LogP contribution in [0.4, 0.5) is 0 Å². The number of fused-ring (bicyclic) bond motifs is 3. The van der Waals surface area contributed by atoms with Crippen molar-refractivity contribution >= 4 is 11.8 Å². The van der Waals surface area contributed by atoms with Crippen LogP contribution in [0, 0.1) is 5.92 Å². The molecule has 2 atom stereocenters. The van der Waals surface area contributed by atoms with E-state index in [2.05, 4.69) is 24.3 Å². The van der Waals surface area contributed by atoms with Crippen molar-refractivity contribution in [3.8, 4) is 0 Å². The summed E-state index contributed by atoms with van der Waals surface area (Å²) in [5, 5.41) is 0. The average molecular weight is 219 g/mol. The summed E-state index contributed by atoms with van der Waals surface area (Å²) in [6.45, 7) is 0. The Morgan fingerprint density at radius 3 is 3.07 bits per heavy atom. The van der Waals surface area contributed by atoms with Crippen LogP contribution in [0.2, 0.25) is 0 Å². The maximum Gasteiger partial charge on any atom is 0.0457 e. The molecule has 0 spiro atoms. The second-order valence-electron chi connectivity index (χ2n) is 4.79. The van der Waals surface area contributed by atoms with Gasteiger partial charge >= 0.3 is 0 Å². The highest BCUT2D eigenvalue weighted by atomic mass is 32.2. The number of thioether (sulfide) groups is 1. The first-order valence-electron chi connectivity index (χ1n) is 5.82. The van der Waals surface area contributed by atoms with Crippen LogP contribution in [0.25, 0.3) is 0 Å². The molecule has 1 aliphatic heterocycles. The molecular weight excluding hydrogens is 202 g/mol. The van der Waals surface area contributed by atoms with Gasteiger partial charge < -0.3 is 5.73 Å². The van der Waals surface area contributed by atoms with Gasteiger partial charge in [-0.05, 0) is 30.4 Å². The Labute approximate surface area is 95.4 Å². The van der Waals surface area contributed by atoms with E-state index >= 15 is 0 Å². The molecule has 0 amide bonds. The third kappa shape index (κ3) is 1.42. The van der Waals surface area contributed by atoms with Crippen molar-refractivity contribution in [1.82, 2.24) is 0 Å². The van der Waals surface area contributed by atoms with Gasteiger partial charge in [0.05, 0.1) is 0 Å². The van der Waals surface area contributed by atoms with Crippen LogP contribution in [-0.4, -0.2) is 5.75 Å². The maximum atomic E-state index is 6.66. The van der Waals surface area contributed by atoms with Crippen LogP contribution in [0.15, 0.2) is 29.2 Å². The van der Waals surface area contributed by atoms with Gasteiger partial charge in [0.1, 0.15) is 0 Å². The minimum atomic E-state index is -0.0138. The lowest BCUT2D eigenvalue weighted by Gasteiger charge is -2.45. The molecule has 1 fully saturated rings. The Morgan fingerprint density at radius 1 is 1.27 bits per heavy atom. The molecule has 2 aliphatic rings. The normalized spacial score (nSPS) is 34.3. The van der Waals surface area contributed by atoms with Crippen molar-refractivity contribution in [1.29, 1.82) is 0 Å². The predicted octanol–water partition coefficient (Wildman–Crippen LogP) is 3.14. The molecule has 0 radical (unpaired) electrons. The number of nitrogens with two attached hydrogens (primary N) is 1. The molecule has 80 valence electrons. The zero-order valence-corrected chi connectivity index (χ0v) is 9.72. The molecule has 1 nitrogen and oxygen atoms in total. The molecule has 1 aromatic carbocycles. The average Bonchev–Trinajstić information content (AvgIpc) is 2.29. The molecule has 0 bridgehead atoms. The zero-order chi connectivity index (χ0) is 10.3. The van der Waals surface area contributed by atoms with Crippen LogP contribution >= 0.6 is 11.8 Å². The Kier molecular flexibility index (Phi) is 2.29. The van der Waals surface area contributed by atoms with Crippen LogP contribution in [0.1, 0.15) is 31.2 Å². The minimum absolute atomic E-state index is 0.0138. The predicted molar refractivity (Wildman–Crippen MR) is 65.0 cm³/mol. The monoisotopic (exact) mass is 219 g/mol. The number of rotatable bonds is 0. The van der Waals surface area contributed by atoms with Gasteiger partial charge in [-0.15, -0.1) is 11.8 Å². The van der Waals surface area contributed by atoms with E-state index in [1.807, 2.05) is 11.8 Å². The summed E-state index contributed by atoms with van der Waals surface area (Å²) >= 11 is 1.99. The smallest absolute Gasteiger partial charge is 0.0457 e. The van der Waals surface area contributed by atoms with E-state index in [-0.39, 0.29) is 5.54 Å². The summed E-state index contributed by atoms with van der Waals surface area (Å²) in [6, 6.07) is 8.71. The van der Waals surface area contributed by atoms with Crippen molar-refractivity contribution in [2.24, 2.45) is 11.7 Å². The molecule has 2 heteroatoms. The van der Waals surface area contributed by atoms with Crippen molar-refractivity contribution in [3.63, 3.8) is 0 Å². The molecule has 0 saturated heterocycles. The zero-order valence-electron chi connectivity index (χ0n) is 8.91. The molecular formula is C13H17NS. The van der Waals surface area contributed by atoms with Gasteiger partial charge in [-0.25, -0.2) is 0 Å². The molecule has 1 heterocycles. The molecule has 1 aliphatic carbocycles. The van der Waals surface area contributed by atoms with E-state index in [1.54, 1.807) is 0 Å². The second-order valence-corrected chi connectivity index (χ2v) is 5.85. The number of hydrogen-bond acceptors (Lipinski definition) is 2.